The number of carbonyl (C=O) groups excluding carboxylic acids is 3. The van der Waals surface area contributed by atoms with E-state index in [4.69, 9.17) is 9.47 Å². The summed E-state index contributed by atoms with van der Waals surface area (Å²) in [5.74, 6) is -2.42. The number of anilines is 1. The minimum atomic E-state index is -1.09. The van der Waals surface area contributed by atoms with Gasteiger partial charge in [0.15, 0.2) is 0 Å². The molecule has 2 aromatic rings. The van der Waals surface area contributed by atoms with Gasteiger partial charge in [-0.05, 0) is 18.4 Å². The molecule has 0 radical (unpaired) electrons. The molecule has 2 aromatic carbocycles. The molecular weight excluding hydrogens is 326 g/mol. The highest BCUT2D eigenvalue weighted by Crippen LogP contribution is 2.37. The van der Waals surface area contributed by atoms with Crippen LogP contribution in [-0.4, -0.2) is 45.2 Å². The molecule has 0 fully saturated rings. The molecule has 0 unspecified atom stereocenters. The number of amides is 1. The van der Waals surface area contributed by atoms with Crippen LogP contribution in [0, 0.1) is 0 Å². The third-order valence-electron chi connectivity index (χ3n) is 3.83. The van der Waals surface area contributed by atoms with Gasteiger partial charge in [0.2, 0.25) is 0 Å². The van der Waals surface area contributed by atoms with Crippen LogP contribution >= 0.6 is 0 Å². The van der Waals surface area contributed by atoms with Crippen molar-refractivity contribution in [3.63, 3.8) is 0 Å². The third-order valence-corrected chi connectivity index (χ3v) is 3.83. The van der Waals surface area contributed by atoms with E-state index in [1.54, 1.807) is 18.2 Å². The van der Waals surface area contributed by atoms with Crippen LogP contribution in [0.15, 0.2) is 36.4 Å². The molecule has 0 aromatic heterocycles. The molecule has 0 aliphatic carbocycles. The zero-order valence-electron chi connectivity index (χ0n) is 14.4. The zero-order chi connectivity index (χ0) is 18.6. The van der Waals surface area contributed by atoms with Crippen molar-refractivity contribution in [2.24, 2.45) is 0 Å². The van der Waals surface area contributed by atoms with Crippen LogP contribution in [-0.2, 0) is 23.9 Å². The lowest BCUT2D eigenvalue weighted by Gasteiger charge is -2.29. The highest BCUT2D eigenvalue weighted by molar-refractivity contribution is 6.39. The van der Waals surface area contributed by atoms with Gasteiger partial charge in [-0.2, -0.15) is 0 Å². The Bertz CT molecular complexity index is 816. The van der Waals surface area contributed by atoms with Crippen molar-refractivity contribution in [2.75, 3.05) is 26.2 Å². The fraction of sp³-hybridized carbons (Fsp3) is 0.278. The van der Waals surface area contributed by atoms with Crippen molar-refractivity contribution >= 4 is 34.3 Å². The summed E-state index contributed by atoms with van der Waals surface area (Å²) in [5, 5.41) is 1.47. The van der Waals surface area contributed by atoms with Gasteiger partial charge >= 0.3 is 17.8 Å². The fourth-order valence-corrected chi connectivity index (χ4v) is 2.58. The summed E-state index contributed by atoms with van der Waals surface area (Å²) in [6.45, 7) is 1.47. The molecule has 2 rings (SSSR count). The van der Waals surface area contributed by atoms with Gasteiger partial charge in [-0.1, -0.05) is 30.3 Å². The standard InChI is InChI=1S/C18H19NO6/c1-11(17(21)24-3)19(16(20)18(22)25-4)15-13-8-6-5-7-12(13)9-10-14(15)23-2/h5-11H,1-4H3/t11-/m0/s1. The molecule has 0 spiro atoms. The topological polar surface area (TPSA) is 82.1 Å². The Morgan fingerprint density at radius 3 is 2.24 bits per heavy atom. The number of rotatable bonds is 4. The number of benzene rings is 2. The van der Waals surface area contributed by atoms with Crippen LogP contribution in [0.4, 0.5) is 5.69 Å². The first-order chi connectivity index (χ1) is 12.0. The first kappa shape index (κ1) is 18.3. The number of hydrogen-bond acceptors (Lipinski definition) is 6. The van der Waals surface area contributed by atoms with Crippen molar-refractivity contribution in [1.82, 2.24) is 0 Å². The molecule has 0 saturated carbocycles. The molecule has 0 bridgehead atoms. The van der Waals surface area contributed by atoms with E-state index in [9.17, 15) is 14.4 Å². The second kappa shape index (κ2) is 7.65. The number of carbonyl (C=O) groups is 3. The minimum absolute atomic E-state index is 0.300. The van der Waals surface area contributed by atoms with Gasteiger partial charge < -0.3 is 14.2 Å². The van der Waals surface area contributed by atoms with Gasteiger partial charge in [0, 0.05) is 5.39 Å². The van der Waals surface area contributed by atoms with Crippen LogP contribution < -0.4 is 9.64 Å². The minimum Gasteiger partial charge on any atom is -0.495 e. The molecule has 0 aliphatic heterocycles. The van der Waals surface area contributed by atoms with Gasteiger partial charge in [0.05, 0.1) is 27.0 Å². The maximum atomic E-state index is 12.6. The summed E-state index contributed by atoms with van der Waals surface area (Å²) in [5.41, 5.74) is 0.300. The van der Waals surface area contributed by atoms with Crippen LogP contribution in [0.3, 0.4) is 0 Å². The summed E-state index contributed by atoms with van der Waals surface area (Å²) in [6, 6.07) is 9.68. The maximum absolute atomic E-state index is 12.6. The predicted octanol–water partition coefficient (Wildman–Crippen LogP) is 1.92. The summed E-state index contributed by atoms with van der Waals surface area (Å²) in [7, 11) is 3.75. The lowest BCUT2D eigenvalue weighted by Crippen LogP contribution is -2.47. The van der Waals surface area contributed by atoms with Crippen LogP contribution in [0.1, 0.15) is 6.92 Å². The average Bonchev–Trinajstić information content (AvgIpc) is 2.66. The van der Waals surface area contributed by atoms with E-state index < -0.39 is 23.9 Å². The molecule has 0 aliphatic rings. The van der Waals surface area contributed by atoms with E-state index in [2.05, 4.69) is 4.74 Å². The summed E-state index contributed by atoms with van der Waals surface area (Å²) < 4.78 is 14.6. The predicted molar refractivity (Wildman–Crippen MR) is 91.5 cm³/mol. The quantitative estimate of drug-likeness (QED) is 0.622. The van der Waals surface area contributed by atoms with Gasteiger partial charge in [0.25, 0.3) is 0 Å². The number of fused-ring (bicyclic) bond motifs is 1. The van der Waals surface area contributed by atoms with Crippen molar-refractivity contribution in [3.05, 3.63) is 36.4 Å². The number of esters is 2. The maximum Gasteiger partial charge on any atom is 0.397 e. The lowest BCUT2D eigenvalue weighted by molar-refractivity contribution is -0.152. The van der Waals surface area contributed by atoms with Crippen molar-refractivity contribution in [1.29, 1.82) is 0 Å². The Balaban J connectivity index is 2.76. The molecule has 7 nitrogen and oxygen atoms in total. The van der Waals surface area contributed by atoms with Gasteiger partial charge in [0.1, 0.15) is 11.8 Å². The van der Waals surface area contributed by atoms with Crippen LogP contribution in [0.5, 0.6) is 5.75 Å². The lowest BCUT2D eigenvalue weighted by atomic mass is 10.1. The SMILES string of the molecule is COC(=O)C(=O)N(c1c(OC)ccc2ccccc12)[C@@H](C)C(=O)OC. The average molecular weight is 345 g/mol. The summed E-state index contributed by atoms with van der Waals surface area (Å²) >= 11 is 0. The first-order valence-electron chi connectivity index (χ1n) is 7.51. The third kappa shape index (κ3) is 3.40. The van der Waals surface area contributed by atoms with E-state index >= 15 is 0 Å². The highest BCUT2D eigenvalue weighted by Gasteiger charge is 2.35. The van der Waals surface area contributed by atoms with Crippen LogP contribution in [0.2, 0.25) is 0 Å². The molecule has 7 heteroatoms. The van der Waals surface area contributed by atoms with Crippen LogP contribution in [0.25, 0.3) is 10.8 Å². The highest BCUT2D eigenvalue weighted by atomic mass is 16.5. The molecule has 0 saturated heterocycles. The largest absolute Gasteiger partial charge is 0.495 e. The molecule has 0 N–H and O–H groups in total. The molecule has 1 amide bonds. The van der Waals surface area contributed by atoms with E-state index in [1.165, 1.54) is 21.1 Å². The number of hydrogen-bond donors (Lipinski definition) is 0. The van der Waals surface area contributed by atoms with E-state index in [0.717, 1.165) is 17.4 Å². The molecule has 25 heavy (non-hydrogen) atoms. The molecular formula is C18H19NO6. The van der Waals surface area contributed by atoms with Gasteiger partial charge in [-0.3, -0.25) is 9.69 Å². The molecule has 1 atom stereocenters. The Hall–Kier alpha value is -3.09. The Morgan fingerprint density at radius 2 is 1.64 bits per heavy atom. The molecule has 132 valence electrons. The number of ether oxygens (including phenoxy) is 3. The van der Waals surface area contributed by atoms with Crippen molar-refractivity contribution < 1.29 is 28.6 Å². The normalized spacial score (nSPS) is 11.5. The Morgan fingerprint density at radius 1 is 0.960 bits per heavy atom. The van der Waals surface area contributed by atoms with E-state index in [-0.39, 0.29) is 0 Å². The smallest absolute Gasteiger partial charge is 0.397 e. The Kier molecular flexibility index (Phi) is 5.59. The first-order valence-corrected chi connectivity index (χ1v) is 7.51. The van der Waals surface area contributed by atoms with E-state index in [1.807, 2.05) is 18.2 Å². The van der Waals surface area contributed by atoms with E-state index in [0.29, 0.717) is 16.8 Å². The van der Waals surface area contributed by atoms with Crippen molar-refractivity contribution in [2.45, 2.75) is 13.0 Å². The van der Waals surface area contributed by atoms with Gasteiger partial charge in [-0.25, -0.2) is 9.59 Å². The van der Waals surface area contributed by atoms with Crippen molar-refractivity contribution in [3.8, 4) is 5.75 Å². The number of nitrogens with zero attached hydrogens (tertiary/aromatic N) is 1. The fourth-order valence-electron chi connectivity index (χ4n) is 2.58. The monoisotopic (exact) mass is 345 g/mol. The second-order valence-electron chi connectivity index (χ2n) is 5.20. The zero-order valence-corrected chi connectivity index (χ0v) is 14.4. The number of methoxy groups -OCH3 is 3. The Labute approximate surface area is 145 Å². The van der Waals surface area contributed by atoms with Gasteiger partial charge in [-0.15, -0.1) is 0 Å². The second-order valence-corrected chi connectivity index (χ2v) is 5.20. The summed E-state index contributed by atoms with van der Waals surface area (Å²) in [4.78, 5) is 37.6. The molecule has 0 heterocycles. The summed E-state index contributed by atoms with van der Waals surface area (Å²) in [6.07, 6.45) is 0.